The molecular weight excluding hydrogens is 278 g/mol. The Morgan fingerprint density at radius 3 is 2.70 bits per heavy atom. The van der Waals surface area contributed by atoms with Gasteiger partial charge in [0, 0.05) is 18.0 Å². The van der Waals surface area contributed by atoms with Crippen molar-refractivity contribution in [1.29, 1.82) is 0 Å². The van der Waals surface area contributed by atoms with E-state index in [2.05, 4.69) is 0 Å². The van der Waals surface area contributed by atoms with Crippen molar-refractivity contribution in [2.45, 2.75) is 19.4 Å². The summed E-state index contributed by atoms with van der Waals surface area (Å²) in [5, 5.41) is 2.03. The van der Waals surface area contributed by atoms with Gasteiger partial charge >= 0.3 is 0 Å². The number of halogens is 2. The Hall–Kier alpha value is -1.46. The second-order valence-corrected chi connectivity index (χ2v) is 5.99. The van der Waals surface area contributed by atoms with Crippen LogP contribution in [0.5, 0.6) is 0 Å². The minimum Gasteiger partial charge on any atom is -0.362 e. The van der Waals surface area contributed by atoms with Gasteiger partial charge in [-0.25, -0.2) is 8.78 Å². The third kappa shape index (κ3) is 2.43. The highest BCUT2D eigenvalue weighted by molar-refractivity contribution is 7.10. The minimum atomic E-state index is -0.493. The van der Waals surface area contributed by atoms with E-state index in [1.54, 1.807) is 16.2 Å². The van der Waals surface area contributed by atoms with Crippen molar-refractivity contribution in [3.63, 3.8) is 0 Å². The van der Waals surface area contributed by atoms with Crippen LogP contribution in [0.25, 0.3) is 0 Å². The van der Waals surface area contributed by atoms with E-state index in [0.717, 1.165) is 6.42 Å². The summed E-state index contributed by atoms with van der Waals surface area (Å²) in [7, 11) is 0. The van der Waals surface area contributed by atoms with Crippen molar-refractivity contribution >= 4 is 17.0 Å². The lowest BCUT2D eigenvalue weighted by Crippen LogP contribution is -2.31. The zero-order chi connectivity index (χ0) is 14.1. The maximum atomic E-state index is 14.2. The average Bonchev–Trinajstić information content (AvgIpc) is 2.85. The number of anilines is 1. The molecule has 0 aliphatic carbocycles. The molecule has 0 amide bonds. The fourth-order valence-electron chi connectivity index (χ4n) is 2.67. The van der Waals surface area contributed by atoms with Crippen molar-refractivity contribution in [1.82, 2.24) is 0 Å². The van der Waals surface area contributed by atoms with E-state index in [1.165, 1.54) is 22.6 Å². The molecule has 2 aromatic rings. The van der Waals surface area contributed by atoms with Crippen molar-refractivity contribution < 1.29 is 8.78 Å². The molecule has 20 heavy (non-hydrogen) atoms. The number of hydrogen-bond donors (Lipinski definition) is 1. The molecular formula is C15H16F2N2S. The van der Waals surface area contributed by atoms with Gasteiger partial charge in [-0.3, -0.25) is 0 Å². The summed E-state index contributed by atoms with van der Waals surface area (Å²) in [5.74, 6) is -0.987. The molecule has 0 saturated carbocycles. The first-order valence-electron chi connectivity index (χ1n) is 6.67. The van der Waals surface area contributed by atoms with Crippen molar-refractivity contribution in [2.24, 2.45) is 5.73 Å². The summed E-state index contributed by atoms with van der Waals surface area (Å²) in [6, 6.07) is 4.83. The number of benzene rings is 1. The molecule has 2 heterocycles. The lowest BCUT2D eigenvalue weighted by atomic mass is 10.1. The monoisotopic (exact) mass is 294 g/mol. The largest absolute Gasteiger partial charge is 0.362 e. The summed E-state index contributed by atoms with van der Waals surface area (Å²) in [5.41, 5.74) is 7.30. The predicted octanol–water partition coefficient (Wildman–Crippen LogP) is 3.09. The molecule has 0 fully saturated rings. The van der Waals surface area contributed by atoms with Gasteiger partial charge in [-0.15, -0.1) is 11.3 Å². The zero-order valence-corrected chi connectivity index (χ0v) is 11.9. The highest BCUT2D eigenvalue weighted by atomic mass is 32.1. The summed E-state index contributed by atoms with van der Waals surface area (Å²) >= 11 is 1.71. The number of thiophene rings is 1. The van der Waals surface area contributed by atoms with Crippen LogP contribution >= 0.6 is 11.3 Å². The first-order chi connectivity index (χ1) is 9.69. The van der Waals surface area contributed by atoms with Crippen LogP contribution in [0.4, 0.5) is 14.5 Å². The first kappa shape index (κ1) is 13.5. The SMILES string of the molecule is NCCc1cc(F)c(N2CCc3sccc3C2)c(F)c1. The molecule has 2 N–H and O–H groups in total. The molecule has 0 unspecified atom stereocenters. The van der Waals surface area contributed by atoms with Crippen LogP contribution in [0.2, 0.25) is 0 Å². The van der Waals surface area contributed by atoms with E-state index < -0.39 is 11.6 Å². The van der Waals surface area contributed by atoms with Gasteiger partial charge in [0.05, 0.1) is 0 Å². The van der Waals surface area contributed by atoms with Crippen LogP contribution in [0.15, 0.2) is 23.6 Å². The second-order valence-electron chi connectivity index (χ2n) is 4.99. The Bertz CT molecular complexity index is 601. The molecule has 3 rings (SSSR count). The van der Waals surface area contributed by atoms with Crippen LogP contribution < -0.4 is 10.6 Å². The molecule has 1 aliphatic rings. The number of nitrogens with zero attached hydrogens (tertiary/aromatic N) is 1. The topological polar surface area (TPSA) is 29.3 Å². The molecule has 5 heteroatoms. The molecule has 0 saturated heterocycles. The van der Waals surface area contributed by atoms with E-state index in [1.807, 2.05) is 11.4 Å². The molecule has 106 valence electrons. The average molecular weight is 294 g/mol. The number of fused-ring (bicyclic) bond motifs is 1. The van der Waals surface area contributed by atoms with Crippen molar-refractivity contribution in [3.8, 4) is 0 Å². The van der Waals surface area contributed by atoms with Gasteiger partial charge in [-0.05, 0) is 54.1 Å². The highest BCUT2D eigenvalue weighted by Crippen LogP contribution is 2.31. The fourth-order valence-corrected chi connectivity index (χ4v) is 3.56. The standard InChI is InChI=1S/C15H16F2N2S/c16-12-7-10(1-4-18)8-13(17)15(12)19-5-2-14-11(9-19)3-6-20-14/h3,6-8H,1-2,4-5,9,18H2. The van der Waals surface area contributed by atoms with E-state index >= 15 is 0 Å². The van der Waals surface area contributed by atoms with Gasteiger partial charge in [0.25, 0.3) is 0 Å². The lowest BCUT2D eigenvalue weighted by Gasteiger charge is -2.29. The minimum absolute atomic E-state index is 0.0858. The summed E-state index contributed by atoms with van der Waals surface area (Å²) in [6.45, 7) is 1.61. The third-order valence-electron chi connectivity index (χ3n) is 3.63. The summed E-state index contributed by atoms with van der Waals surface area (Å²) < 4.78 is 28.4. The van der Waals surface area contributed by atoms with E-state index in [9.17, 15) is 8.78 Å². The quantitative estimate of drug-likeness (QED) is 0.942. The fraction of sp³-hybridized carbons (Fsp3) is 0.333. The Kier molecular flexibility index (Phi) is 3.72. The van der Waals surface area contributed by atoms with E-state index in [0.29, 0.717) is 31.6 Å². The predicted molar refractivity (Wildman–Crippen MR) is 78.2 cm³/mol. The maximum Gasteiger partial charge on any atom is 0.149 e. The van der Waals surface area contributed by atoms with Gasteiger partial charge < -0.3 is 10.6 Å². The summed E-state index contributed by atoms with van der Waals surface area (Å²) in [6.07, 6.45) is 1.33. The first-order valence-corrected chi connectivity index (χ1v) is 7.55. The van der Waals surface area contributed by atoms with Gasteiger partial charge in [-0.1, -0.05) is 0 Å². The van der Waals surface area contributed by atoms with Gasteiger partial charge in [0.2, 0.25) is 0 Å². The van der Waals surface area contributed by atoms with Gasteiger partial charge in [0.15, 0.2) is 0 Å². The molecule has 1 aromatic carbocycles. The normalized spacial score (nSPS) is 14.4. The number of hydrogen-bond acceptors (Lipinski definition) is 3. The van der Waals surface area contributed by atoms with Gasteiger partial charge in [0.1, 0.15) is 17.3 Å². The molecule has 2 nitrogen and oxygen atoms in total. The molecule has 0 atom stereocenters. The molecule has 0 bridgehead atoms. The zero-order valence-electron chi connectivity index (χ0n) is 11.0. The Morgan fingerprint density at radius 2 is 2.00 bits per heavy atom. The van der Waals surface area contributed by atoms with E-state index in [-0.39, 0.29) is 5.69 Å². The molecule has 1 aliphatic heterocycles. The number of nitrogens with two attached hydrogens (primary N) is 1. The van der Waals surface area contributed by atoms with Crippen LogP contribution in [0.1, 0.15) is 16.0 Å². The maximum absolute atomic E-state index is 14.2. The highest BCUT2D eigenvalue weighted by Gasteiger charge is 2.23. The number of rotatable bonds is 3. The van der Waals surface area contributed by atoms with Crippen LogP contribution in [-0.2, 0) is 19.4 Å². The Labute approximate surface area is 120 Å². The summed E-state index contributed by atoms with van der Waals surface area (Å²) in [4.78, 5) is 3.10. The van der Waals surface area contributed by atoms with Crippen LogP contribution in [0.3, 0.4) is 0 Å². The van der Waals surface area contributed by atoms with Crippen molar-refractivity contribution in [3.05, 3.63) is 51.2 Å². The molecule has 0 spiro atoms. The van der Waals surface area contributed by atoms with E-state index in [4.69, 9.17) is 5.73 Å². The molecule has 1 aromatic heterocycles. The lowest BCUT2D eigenvalue weighted by molar-refractivity contribution is 0.562. The Morgan fingerprint density at radius 1 is 1.25 bits per heavy atom. The smallest absolute Gasteiger partial charge is 0.149 e. The second kappa shape index (κ2) is 5.50. The molecule has 0 radical (unpaired) electrons. The van der Waals surface area contributed by atoms with Crippen molar-refractivity contribution in [2.75, 3.05) is 18.0 Å². The van der Waals surface area contributed by atoms with Crippen LogP contribution in [-0.4, -0.2) is 13.1 Å². The third-order valence-corrected chi connectivity index (χ3v) is 4.66. The van der Waals surface area contributed by atoms with Gasteiger partial charge in [-0.2, -0.15) is 0 Å². The van der Waals surface area contributed by atoms with Crippen LogP contribution in [0, 0.1) is 11.6 Å². The Balaban J connectivity index is 1.91.